The van der Waals surface area contributed by atoms with Gasteiger partial charge in [-0.1, -0.05) is 49.7 Å². The van der Waals surface area contributed by atoms with E-state index in [4.69, 9.17) is 17.3 Å². The molecule has 0 spiro atoms. The maximum atomic E-state index is 6.02. The number of fused-ring (bicyclic) bond motifs is 1. The van der Waals surface area contributed by atoms with Gasteiger partial charge >= 0.3 is 0 Å². The van der Waals surface area contributed by atoms with Gasteiger partial charge in [0.05, 0.1) is 16.4 Å². The third-order valence-corrected chi connectivity index (χ3v) is 3.77. The quantitative estimate of drug-likeness (QED) is 0.760. The molecule has 3 aromatic rings. The number of aromatic nitrogens is 2. The molecular weight excluding hydrogens is 270 g/mol. The first-order valence-corrected chi connectivity index (χ1v) is 6.96. The number of imidazole rings is 1. The molecule has 4 heteroatoms. The molecule has 0 aliphatic rings. The molecule has 0 saturated carbocycles. The van der Waals surface area contributed by atoms with Gasteiger partial charge in [-0.25, -0.2) is 4.98 Å². The molecule has 0 fully saturated rings. The van der Waals surface area contributed by atoms with Crippen LogP contribution in [-0.4, -0.2) is 9.38 Å². The summed E-state index contributed by atoms with van der Waals surface area (Å²) in [6.07, 6.45) is 3.75. The van der Waals surface area contributed by atoms with E-state index in [-0.39, 0.29) is 0 Å². The zero-order chi connectivity index (χ0) is 14.3. The van der Waals surface area contributed by atoms with E-state index < -0.39 is 0 Å². The monoisotopic (exact) mass is 285 g/mol. The first-order valence-electron chi connectivity index (χ1n) is 6.58. The van der Waals surface area contributed by atoms with E-state index >= 15 is 0 Å². The summed E-state index contributed by atoms with van der Waals surface area (Å²) in [5.74, 6) is 0.531. The topological polar surface area (TPSA) is 43.3 Å². The second kappa shape index (κ2) is 4.84. The summed E-state index contributed by atoms with van der Waals surface area (Å²) in [5, 5.41) is 0.532. The number of pyridine rings is 1. The molecule has 0 atom stereocenters. The van der Waals surface area contributed by atoms with Crippen molar-refractivity contribution >= 4 is 22.9 Å². The van der Waals surface area contributed by atoms with E-state index in [1.165, 1.54) is 5.56 Å². The molecule has 0 bridgehead atoms. The summed E-state index contributed by atoms with van der Waals surface area (Å²) < 4.78 is 1.90. The highest BCUT2D eigenvalue weighted by atomic mass is 35.5. The number of rotatable bonds is 2. The summed E-state index contributed by atoms with van der Waals surface area (Å²) in [7, 11) is 0. The van der Waals surface area contributed by atoms with Gasteiger partial charge in [-0.3, -0.25) is 0 Å². The van der Waals surface area contributed by atoms with Crippen molar-refractivity contribution in [3.63, 3.8) is 0 Å². The van der Waals surface area contributed by atoms with Crippen LogP contribution in [0.15, 0.2) is 42.7 Å². The number of hydrogen-bond donors (Lipinski definition) is 1. The van der Waals surface area contributed by atoms with Crippen molar-refractivity contribution in [2.75, 3.05) is 5.73 Å². The van der Waals surface area contributed by atoms with Crippen LogP contribution in [0.2, 0.25) is 5.02 Å². The Morgan fingerprint density at radius 3 is 2.50 bits per heavy atom. The lowest BCUT2D eigenvalue weighted by atomic mass is 10.0. The first-order chi connectivity index (χ1) is 9.54. The Morgan fingerprint density at radius 2 is 1.85 bits per heavy atom. The molecule has 0 unspecified atom stereocenters. The Balaban J connectivity index is 2.05. The van der Waals surface area contributed by atoms with Crippen molar-refractivity contribution in [2.24, 2.45) is 0 Å². The molecule has 0 aliphatic heterocycles. The zero-order valence-electron chi connectivity index (χ0n) is 11.5. The van der Waals surface area contributed by atoms with Gasteiger partial charge in [0.1, 0.15) is 5.65 Å². The van der Waals surface area contributed by atoms with Crippen molar-refractivity contribution in [1.29, 1.82) is 0 Å². The minimum absolute atomic E-state index is 0.531. The van der Waals surface area contributed by atoms with Gasteiger partial charge in [0.15, 0.2) is 0 Å². The minimum atomic E-state index is 0.531. The number of halogens is 1. The van der Waals surface area contributed by atoms with Gasteiger partial charge < -0.3 is 10.1 Å². The molecule has 102 valence electrons. The average molecular weight is 286 g/mol. The van der Waals surface area contributed by atoms with Crippen molar-refractivity contribution < 1.29 is 0 Å². The Labute approximate surface area is 123 Å². The van der Waals surface area contributed by atoms with E-state index in [0.717, 1.165) is 16.9 Å². The third-order valence-electron chi connectivity index (χ3n) is 3.44. The van der Waals surface area contributed by atoms with Crippen molar-refractivity contribution in [3.8, 4) is 11.3 Å². The summed E-state index contributed by atoms with van der Waals surface area (Å²) >= 11 is 6.02. The lowest BCUT2D eigenvalue weighted by molar-refractivity contribution is 0.867. The third kappa shape index (κ3) is 2.25. The first kappa shape index (κ1) is 13.0. The molecule has 2 heterocycles. The number of nitrogens with two attached hydrogens (primary N) is 1. The number of nitrogen functional groups attached to an aromatic ring is 1. The lowest BCUT2D eigenvalue weighted by Crippen LogP contribution is -1.90. The van der Waals surface area contributed by atoms with Gasteiger partial charge in [-0.2, -0.15) is 0 Å². The molecule has 1 aromatic carbocycles. The van der Waals surface area contributed by atoms with Crippen LogP contribution >= 0.6 is 11.6 Å². The highest BCUT2D eigenvalue weighted by Gasteiger charge is 2.07. The fourth-order valence-electron chi connectivity index (χ4n) is 2.20. The van der Waals surface area contributed by atoms with Crippen LogP contribution in [-0.2, 0) is 0 Å². The van der Waals surface area contributed by atoms with E-state index in [9.17, 15) is 0 Å². The second-order valence-corrected chi connectivity index (χ2v) is 5.65. The molecule has 0 saturated heterocycles. The predicted molar refractivity (Wildman–Crippen MR) is 84.1 cm³/mol. The van der Waals surface area contributed by atoms with E-state index in [1.54, 1.807) is 12.3 Å². The summed E-state index contributed by atoms with van der Waals surface area (Å²) in [6.45, 7) is 4.37. The number of anilines is 1. The molecule has 2 aromatic heterocycles. The van der Waals surface area contributed by atoms with Gasteiger partial charge in [0, 0.05) is 24.0 Å². The van der Waals surface area contributed by atoms with Gasteiger partial charge in [-0.05, 0) is 11.5 Å². The lowest BCUT2D eigenvalue weighted by Gasteiger charge is -2.05. The van der Waals surface area contributed by atoms with Crippen molar-refractivity contribution in [3.05, 3.63) is 53.3 Å². The fraction of sp³-hybridized carbons (Fsp3) is 0.188. The van der Waals surface area contributed by atoms with Crippen molar-refractivity contribution in [1.82, 2.24) is 9.38 Å². The Morgan fingerprint density at radius 1 is 1.15 bits per heavy atom. The number of nitrogens with zero attached hydrogens (tertiary/aromatic N) is 2. The van der Waals surface area contributed by atoms with Gasteiger partial charge in [0.25, 0.3) is 0 Å². The van der Waals surface area contributed by atoms with Crippen LogP contribution < -0.4 is 5.73 Å². The van der Waals surface area contributed by atoms with E-state index in [1.807, 2.05) is 10.6 Å². The summed E-state index contributed by atoms with van der Waals surface area (Å²) in [5.41, 5.74) is 10.5. The molecule has 2 N–H and O–H groups in total. The summed E-state index contributed by atoms with van der Waals surface area (Å²) in [4.78, 5) is 4.58. The van der Waals surface area contributed by atoms with E-state index in [2.05, 4.69) is 43.1 Å². The highest BCUT2D eigenvalue weighted by Crippen LogP contribution is 2.25. The zero-order valence-corrected chi connectivity index (χ0v) is 12.2. The number of benzene rings is 1. The minimum Gasteiger partial charge on any atom is -0.396 e. The highest BCUT2D eigenvalue weighted by molar-refractivity contribution is 6.33. The van der Waals surface area contributed by atoms with Gasteiger partial charge in [-0.15, -0.1) is 0 Å². The molecule has 3 rings (SSSR count). The fourth-order valence-corrected chi connectivity index (χ4v) is 2.35. The van der Waals surface area contributed by atoms with Crippen LogP contribution in [0.4, 0.5) is 5.69 Å². The average Bonchev–Trinajstić information content (AvgIpc) is 2.82. The van der Waals surface area contributed by atoms with E-state index in [0.29, 0.717) is 16.6 Å². The normalized spacial score (nSPS) is 11.4. The van der Waals surface area contributed by atoms with Crippen LogP contribution in [0.3, 0.4) is 0 Å². The van der Waals surface area contributed by atoms with Crippen LogP contribution in [0, 0.1) is 0 Å². The van der Waals surface area contributed by atoms with Crippen LogP contribution in [0.25, 0.3) is 16.9 Å². The summed E-state index contributed by atoms with van der Waals surface area (Å²) in [6, 6.07) is 10.3. The van der Waals surface area contributed by atoms with Crippen LogP contribution in [0.5, 0.6) is 0 Å². The second-order valence-electron chi connectivity index (χ2n) is 5.25. The molecule has 3 nitrogen and oxygen atoms in total. The molecule has 0 aliphatic carbocycles. The molecule has 0 radical (unpaired) electrons. The van der Waals surface area contributed by atoms with Crippen LogP contribution in [0.1, 0.15) is 25.3 Å². The maximum Gasteiger partial charge on any atom is 0.139 e. The smallest absolute Gasteiger partial charge is 0.139 e. The molecule has 20 heavy (non-hydrogen) atoms. The Hall–Kier alpha value is -2.00. The largest absolute Gasteiger partial charge is 0.396 e. The molecular formula is C16H16ClN3. The SMILES string of the molecule is CC(C)c1ccc(-c2cn3cc(N)c(Cl)cc3n2)cc1. The maximum absolute atomic E-state index is 6.02. The Kier molecular flexibility index (Phi) is 3.14. The number of hydrogen-bond acceptors (Lipinski definition) is 2. The van der Waals surface area contributed by atoms with Crippen molar-refractivity contribution in [2.45, 2.75) is 19.8 Å². The Bertz CT molecular complexity index is 718. The molecule has 0 amide bonds. The standard InChI is InChI=1S/C16H16ClN3/c1-10(2)11-3-5-12(6-4-11)15-9-20-8-14(18)13(17)7-16(20)19-15/h3-10H,18H2,1-2H3. The predicted octanol–water partition coefficient (Wildman–Crippen LogP) is 4.36. The van der Waals surface area contributed by atoms with Gasteiger partial charge in [0.2, 0.25) is 0 Å².